The Morgan fingerprint density at radius 3 is 2.29 bits per heavy atom. The zero-order valence-corrected chi connectivity index (χ0v) is 9.72. The van der Waals surface area contributed by atoms with Gasteiger partial charge in [0, 0.05) is 6.04 Å². The Hall–Kier alpha value is -1.29. The van der Waals surface area contributed by atoms with Crippen LogP contribution in [0.15, 0.2) is 36.9 Å². The highest BCUT2D eigenvalue weighted by atomic mass is 19.4. The molecule has 1 aromatic carbocycles. The van der Waals surface area contributed by atoms with Gasteiger partial charge in [0.25, 0.3) is 0 Å². The van der Waals surface area contributed by atoms with Crippen LogP contribution in [0, 0.1) is 0 Å². The average molecular weight is 243 g/mol. The number of hydrogen-bond donors (Lipinski definition) is 1. The molecule has 0 aliphatic rings. The first-order valence-electron chi connectivity index (χ1n) is 5.49. The molecule has 1 aromatic rings. The molecular weight excluding hydrogens is 227 g/mol. The molecule has 0 spiro atoms. The van der Waals surface area contributed by atoms with Crippen molar-refractivity contribution in [2.24, 2.45) is 0 Å². The first-order valence-corrected chi connectivity index (χ1v) is 5.49. The van der Waals surface area contributed by atoms with Gasteiger partial charge in [-0.25, -0.2) is 0 Å². The number of rotatable bonds is 5. The molecule has 0 heterocycles. The van der Waals surface area contributed by atoms with Crippen LogP contribution in [-0.2, 0) is 12.6 Å². The molecule has 0 aliphatic heterocycles. The molecule has 1 N–H and O–H groups in total. The third kappa shape index (κ3) is 4.23. The summed E-state index contributed by atoms with van der Waals surface area (Å²) in [6, 6.07) is 5.34. The van der Waals surface area contributed by atoms with Crippen molar-refractivity contribution < 1.29 is 13.2 Å². The quantitative estimate of drug-likeness (QED) is 0.781. The molecule has 1 unspecified atom stereocenters. The molecule has 0 aliphatic carbocycles. The van der Waals surface area contributed by atoms with Crippen LogP contribution in [0.25, 0.3) is 0 Å². The van der Waals surface area contributed by atoms with Gasteiger partial charge in [-0.1, -0.05) is 25.1 Å². The molecule has 0 radical (unpaired) electrons. The lowest BCUT2D eigenvalue weighted by atomic mass is 10.0. The zero-order valence-electron chi connectivity index (χ0n) is 9.72. The van der Waals surface area contributed by atoms with E-state index in [2.05, 4.69) is 11.9 Å². The van der Waals surface area contributed by atoms with E-state index < -0.39 is 11.7 Å². The Kier molecular flexibility index (Phi) is 4.75. The fourth-order valence-electron chi connectivity index (χ4n) is 1.58. The van der Waals surface area contributed by atoms with Crippen molar-refractivity contribution in [3.05, 3.63) is 48.0 Å². The van der Waals surface area contributed by atoms with Gasteiger partial charge in [-0.15, -0.1) is 6.58 Å². The number of benzene rings is 1. The van der Waals surface area contributed by atoms with Crippen molar-refractivity contribution >= 4 is 0 Å². The van der Waals surface area contributed by atoms with Gasteiger partial charge in [0.2, 0.25) is 0 Å². The van der Waals surface area contributed by atoms with E-state index in [1.807, 2.05) is 6.92 Å². The summed E-state index contributed by atoms with van der Waals surface area (Å²) in [5.74, 6) is 0. The molecule has 1 atom stereocenters. The molecule has 94 valence electrons. The lowest BCUT2D eigenvalue weighted by Crippen LogP contribution is -2.28. The van der Waals surface area contributed by atoms with Crippen molar-refractivity contribution in [3.8, 4) is 0 Å². The van der Waals surface area contributed by atoms with Gasteiger partial charge in [-0.2, -0.15) is 13.2 Å². The summed E-state index contributed by atoms with van der Waals surface area (Å²) < 4.78 is 37.0. The SMILES string of the molecule is C=CC(Cc1ccc(C(F)(F)F)cc1)NCC. The van der Waals surface area contributed by atoms with E-state index in [0.29, 0.717) is 6.42 Å². The van der Waals surface area contributed by atoms with E-state index in [0.717, 1.165) is 24.2 Å². The highest BCUT2D eigenvalue weighted by Gasteiger charge is 2.29. The Balaban J connectivity index is 2.71. The van der Waals surface area contributed by atoms with Crippen LogP contribution in [0.3, 0.4) is 0 Å². The summed E-state index contributed by atoms with van der Waals surface area (Å²) in [5.41, 5.74) is 0.253. The first-order chi connectivity index (χ1) is 7.97. The topological polar surface area (TPSA) is 12.0 Å². The molecule has 1 nitrogen and oxygen atoms in total. The van der Waals surface area contributed by atoms with E-state index in [9.17, 15) is 13.2 Å². The normalized spacial score (nSPS) is 13.4. The lowest BCUT2D eigenvalue weighted by molar-refractivity contribution is -0.137. The monoisotopic (exact) mass is 243 g/mol. The number of hydrogen-bond acceptors (Lipinski definition) is 1. The van der Waals surface area contributed by atoms with E-state index in [4.69, 9.17) is 0 Å². The van der Waals surface area contributed by atoms with Crippen molar-refractivity contribution in [2.45, 2.75) is 25.6 Å². The van der Waals surface area contributed by atoms with E-state index in [-0.39, 0.29) is 6.04 Å². The van der Waals surface area contributed by atoms with Crippen LogP contribution >= 0.6 is 0 Å². The van der Waals surface area contributed by atoms with E-state index in [1.165, 1.54) is 12.1 Å². The second-order valence-electron chi connectivity index (χ2n) is 3.80. The van der Waals surface area contributed by atoms with Crippen molar-refractivity contribution in [3.63, 3.8) is 0 Å². The van der Waals surface area contributed by atoms with E-state index >= 15 is 0 Å². The Morgan fingerprint density at radius 2 is 1.88 bits per heavy atom. The number of alkyl halides is 3. The Labute approximate surface area is 99.3 Å². The largest absolute Gasteiger partial charge is 0.416 e. The third-order valence-electron chi connectivity index (χ3n) is 2.49. The second kappa shape index (κ2) is 5.87. The van der Waals surface area contributed by atoms with Crippen LogP contribution in [0.5, 0.6) is 0 Å². The van der Waals surface area contributed by atoms with Crippen LogP contribution in [-0.4, -0.2) is 12.6 Å². The summed E-state index contributed by atoms with van der Waals surface area (Å²) in [6.07, 6.45) is -1.85. The summed E-state index contributed by atoms with van der Waals surface area (Å²) in [5, 5.41) is 3.19. The maximum Gasteiger partial charge on any atom is 0.416 e. The minimum Gasteiger partial charge on any atom is -0.310 e. The number of likely N-dealkylation sites (N-methyl/N-ethyl adjacent to an activating group) is 1. The molecule has 1 rings (SSSR count). The van der Waals surface area contributed by atoms with E-state index in [1.54, 1.807) is 6.08 Å². The summed E-state index contributed by atoms with van der Waals surface area (Å²) >= 11 is 0. The summed E-state index contributed by atoms with van der Waals surface area (Å²) in [4.78, 5) is 0. The predicted molar refractivity (Wildman–Crippen MR) is 62.8 cm³/mol. The maximum absolute atomic E-state index is 12.3. The molecule has 0 fully saturated rings. The Morgan fingerprint density at radius 1 is 1.29 bits per heavy atom. The molecule has 17 heavy (non-hydrogen) atoms. The van der Waals surface area contributed by atoms with Gasteiger partial charge in [-0.3, -0.25) is 0 Å². The van der Waals surface area contributed by atoms with Crippen LogP contribution in [0.2, 0.25) is 0 Å². The van der Waals surface area contributed by atoms with Gasteiger partial charge in [0.15, 0.2) is 0 Å². The molecule has 4 heteroatoms. The van der Waals surface area contributed by atoms with Gasteiger partial charge in [0.1, 0.15) is 0 Å². The van der Waals surface area contributed by atoms with Crippen molar-refractivity contribution in [1.29, 1.82) is 0 Å². The number of nitrogens with one attached hydrogen (secondary N) is 1. The summed E-state index contributed by atoms with van der Waals surface area (Å²) in [7, 11) is 0. The Bertz CT molecular complexity index is 354. The highest BCUT2D eigenvalue weighted by molar-refractivity contribution is 5.25. The minimum atomic E-state index is -4.27. The highest BCUT2D eigenvalue weighted by Crippen LogP contribution is 2.29. The fourth-order valence-corrected chi connectivity index (χ4v) is 1.58. The molecule has 0 bridgehead atoms. The molecule has 0 amide bonds. The molecule has 0 saturated carbocycles. The molecule has 0 aromatic heterocycles. The average Bonchev–Trinajstić information content (AvgIpc) is 2.28. The zero-order chi connectivity index (χ0) is 12.9. The smallest absolute Gasteiger partial charge is 0.310 e. The minimum absolute atomic E-state index is 0.0942. The standard InChI is InChI=1S/C13H16F3N/c1-3-12(17-4-2)9-10-5-7-11(8-6-10)13(14,15)16/h3,5-8,12,17H,1,4,9H2,2H3. The van der Waals surface area contributed by atoms with Gasteiger partial charge in [0.05, 0.1) is 5.56 Å². The van der Waals surface area contributed by atoms with Gasteiger partial charge >= 0.3 is 6.18 Å². The van der Waals surface area contributed by atoms with Gasteiger partial charge < -0.3 is 5.32 Å². The van der Waals surface area contributed by atoms with Crippen molar-refractivity contribution in [1.82, 2.24) is 5.32 Å². The second-order valence-corrected chi connectivity index (χ2v) is 3.80. The fraction of sp³-hybridized carbons (Fsp3) is 0.385. The predicted octanol–water partition coefficient (Wildman–Crippen LogP) is 3.41. The first kappa shape index (κ1) is 13.8. The van der Waals surface area contributed by atoms with Crippen LogP contribution < -0.4 is 5.32 Å². The van der Waals surface area contributed by atoms with Crippen LogP contribution in [0.1, 0.15) is 18.1 Å². The van der Waals surface area contributed by atoms with Gasteiger partial charge in [-0.05, 0) is 30.7 Å². The van der Waals surface area contributed by atoms with Crippen LogP contribution in [0.4, 0.5) is 13.2 Å². The third-order valence-corrected chi connectivity index (χ3v) is 2.49. The molecular formula is C13H16F3N. The maximum atomic E-state index is 12.3. The summed E-state index contributed by atoms with van der Waals surface area (Å²) in [6.45, 7) is 6.47. The van der Waals surface area contributed by atoms with Crippen molar-refractivity contribution in [2.75, 3.05) is 6.54 Å². The number of halogens is 3. The molecule has 0 saturated heterocycles. The lowest BCUT2D eigenvalue weighted by Gasteiger charge is -2.14.